The molecule has 190 valence electrons. The van der Waals surface area contributed by atoms with Crippen LogP contribution in [0.5, 0.6) is 0 Å². The third-order valence-electron chi connectivity index (χ3n) is 4.25. The fourth-order valence-corrected chi connectivity index (χ4v) is 2.47. The smallest absolute Gasteiger partial charge is 0.222 e. The lowest BCUT2D eigenvalue weighted by molar-refractivity contribution is -0.122. The molecule has 0 spiro atoms. The molecule has 8 nitrogen and oxygen atoms in total. The van der Waals surface area contributed by atoms with E-state index in [0.29, 0.717) is 84.4 Å². The van der Waals surface area contributed by atoms with Crippen LogP contribution in [0, 0.1) is 5.92 Å². The number of nitrogens with one attached hydrogen (secondary N) is 2. The van der Waals surface area contributed by atoms with Crippen molar-refractivity contribution in [2.75, 3.05) is 72.6 Å². The van der Waals surface area contributed by atoms with Crippen molar-refractivity contribution in [3.63, 3.8) is 0 Å². The number of rotatable bonds is 23. The lowest BCUT2D eigenvalue weighted by Crippen LogP contribution is -2.27. The van der Waals surface area contributed by atoms with E-state index in [-0.39, 0.29) is 12.0 Å². The first-order valence-electron chi connectivity index (χ1n) is 12.0. The maximum absolute atomic E-state index is 11.6. The van der Waals surface area contributed by atoms with Crippen LogP contribution < -0.4 is 10.6 Å². The first-order chi connectivity index (χ1) is 15.4. The summed E-state index contributed by atoms with van der Waals surface area (Å²) < 4.78 is 27.7. The molecule has 0 aliphatic rings. The molecular formula is C24H48N2O6. The molecule has 2 N–H and O–H groups in total. The molecule has 0 aromatic heterocycles. The normalized spacial score (nSPS) is 12.8. The zero-order chi connectivity index (χ0) is 23.9. The molecule has 0 bridgehead atoms. The minimum Gasteiger partial charge on any atom is -0.379 e. The zero-order valence-electron chi connectivity index (χ0n) is 21.0. The Bertz CT molecular complexity index is 446. The molecule has 0 radical (unpaired) electrons. The van der Waals surface area contributed by atoms with Crippen molar-refractivity contribution in [2.24, 2.45) is 5.92 Å². The summed E-state index contributed by atoms with van der Waals surface area (Å²) in [5.74, 6) is 0.493. The van der Waals surface area contributed by atoms with Gasteiger partial charge in [0.15, 0.2) is 0 Å². The van der Waals surface area contributed by atoms with Crippen LogP contribution in [0.15, 0.2) is 12.2 Å². The number of carbonyl (C=O) groups is 1. The predicted octanol–water partition coefficient (Wildman–Crippen LogP) is 2.56. The zero-order valence-corrected chi connectivity index (χ0v) is 21.0. The average molecular weight is 461 g/mol. The van der Waals surface area contributed by atoms with Crippen molar-refractivity contribution in [2.45, 2.75) is 59.6 Å². The van der Waals surface area contributed by atoms with Crippen molar-refractivity contribution < 1.29 is 28.5 Å². The monoisotopic (exact) mass is 460 g/mol. The molecule has 0 heterocycles. The van der Waals surface area contributed by atoms with Crippen LogP contribution in [0.2, 0.25) is 0 Å². The van der Waals surface area contributed by atoms with Gasteiger partial charge in [0.2, 0.25) is 5.91 Å². The molecule has 0 aromatic rings. The number of hydrogen-bond acceptors (Lipinski definition) is 7. The quantitative estimate of drug-likeness (QED) is 0.179. The summed E-state index contributed by atoms with van der Waals surface area (Å²) in [4.78, 5) is 11.6. The van der Waals surface area contributed by atoms with Crippen LogP contribution in [0.4, 0.5) is 0 Å². The summed E-state index contributed by atoms with van der Waals surface area (Å²) in [5, 5.41) is 6.13. The summed E-state index contributed by atoms with van der Waals surface area (Å²) in [6, 6.07) is 0.488. The van der Waals surface area contributed by atoms with Gasteiger partial charge in [-0.15, -0.1) is 0 Å². The molecule has 1 unspecified atom stereocenters. The Morgan fingerprint density at radius 2 is 1.38 bits per heavy atom. The fraction of sp³-hybridized carbons (Fsp3) is 0.875. The second kappa shape index (κ2) is 23.1. The first-order valence-corrected chi connectivity index (χ1v) is 12.0. The Morgan fingerprint density at radius 3 is 2.03 bits per heavy atom. The van der Waals surface area contributed by atoms with E-state index in [1.165, 1.54) is 0 Å². The highest BCUT2D eigenvalue weighted by Crippen LogP contribution is 1.98. The topological polar surface area (TPSA) is 87.3 Å². The van der Waals surface area contributed by atoms with Crippen LogP contribution in [0.1, 0.15) is 47.5 Å². The Morgan fingerprint density at radius 1 is 0.781 bits per heavy atom. The molecule has 32 heavy (non-hydrogen) atoms. The van der Waals surface area contributed by atoms with Crippen LogP contribution in [0.25, 0.3) is 0 Å². The van der Waals surface area contributed by atoms with Gasteiger partial charge in [0.25, 0.3) is 0 Å². The number of ether oxygens (including phenoxy) is 5. The van der Waals surface area contributed by atoms with Crippen molar-refractivity contribution in [3.05, 3.63) is 12.2 Å². The number of hydrogen-bond donors (Lipinski definition) is 2. The molecule has 1 amide bonds. The maximum Gasteiger partial charge on any atom is 0.222 e. The highest BCUT2D eigenvalue weighted by Gasteiger charge is 2.03. The van der Waals surface area contributed by atoms with E-state index in [0.717, 1.165) is 13.0 Å². The van der Waals surface area contributed by atoms with Crippen molar-refractivity contribution in [3.8, 4) is 0 Å². The summed E-state index contributed by atoms with van der Waals surface area (Å²) in [6.45, 7) is 16.9. The van der Waals surface area contributed by atoms with Gasteiger partial charge >= 0.3 is 0 Å². The lowest BCUT2D eigenvalue weighted by Gasteiger charge is -2.13. The highest BCUT2D eigenvalue weighted by atomic mass is 16.5. The third kappa shape index (κ3) is 25.2. The van der Waals surface area contributed by atoms with Gasteiger partial charge in [0, 0.05) is 32.2 Å². The van der Waals surface area contributed by atoms with Gasteiger partial charge in [0.1, 0.15) is 0 Å². The van der Waals surface area contributed by atoms with Gasteiger partial charge in [0.05, 0.1) is 59.0 Å². The van der Waals surface area contributed by atoms with Crippen LogP contribution in [-0.2, 0) is 28.5 Å². The Labute approximate surface area is 195 Å². The van der Waals surface area contributed by atoms with Gasteiger partial charge in [-0.2, -0.15) is 0 Å². The standard InChI is InChI=1S/C24H48N2O6/c1-21(2)7-6-10-26-24(27)9-13-29-16-18-31-19-20-32-23(5)8-12-28-15-17-30-14-11-25-22(3)4/h6-7,21-23,25H,8-20H2,1-5H3,(H,26,27)/b7-6+. The second-order valence-electron chi connectivity index (χ2n) is 8.25. The van der Waals surface area contributed by atoms with Crippen LogP contribution in [0.3, 0.4) is 0 Å². The number of allylic oxidation sites excluding steroid dienone is 1. The van der Waals surface area contributed by atoms with Gasteiger partial charge in [-0.05, 0) is 19.3 Å². The van der Waals surface area contributed by atoms with E-state index in [1.807, 2.05) is 13.0 Å². The largest absolute Gasteiger partial charge is 0.379 e. The molecule has 1 atom stereocenters. The van der Waals surface area contributed by atoms with E-state index in [9.17, 15) is 4.79 Å². The summed E-state index contributed by atoms with van der Waals surface area (Å²) >= 11 is 0. The van der Waals surface area contributed by atoms with Gasteiger partial charge in [-0.3, -0.25) is 4.79 Å². The molecule has 0 saturated carbocycles. The van der Waals surface area contributed by atoms with Crippen LogP contribution in [-0.4, -0.2) is 90.6 Å². The molecule has 0 rings (SSSR count). The third-order valence-corrected chi connectivity index (χ3v) is 4.25. The number of carbonyl (C=O) groups excluding carboxylic acids is 1. The Balaban J connectivity index is 3.29. The minimum atomic E-state index is -0.00263. The first kappa shape index (κ1) is 31.0. The fourth-order valence-electron chi connectivity index (χ4n) is 2.47. The Hall–Kier alpha value is -1.03. The highest BCUT2D eigenvalue weighted by molar-refractivity contribution is 5.76. The molecule has 0 aromatic carbocycles. The van der Waals surface area contributed by atoms with Gasteiger partial charge in [-0.25, -0.2) is 0 Å². The lowest BCUT2D eigenvalue weighted by atomic mass is 10.2. The Kier molecular flexibility index (Phi) is 22.4. The van der Waals surface area contributed by atoms with E-state index >= 15 is 0 Å². The molecule has 0 aliphatic heterocycles. The van der Waals surface area contributed by atoms with Crippen LogP contribution >= 0.6 is 0 Å². The molecule has 8 heteroatoms. The molecular weight excluding hydrogens is 412 g/mol. The second-order valence-corrected chi connectivity index (χ2v) is 8.25. The summed E-state index contributed by atoms with van der Waals surface area (Å²) in [5.41, 5.74) is 0. The van der Waals surface area contributed by atoms with Crippen molar-refractivity contribution in [1.82, 2.24) is 10.6 Å². The van der Waals surface area contributed by atoms with Crippen molar-refractivity contribution in [1.29, 1.82) is 0 Å². The van der Waals surface area contributed by atoms with E-state index < -0.39 is 0 Å². The SMILES string of the molecule is CC(C)/C=C/CNC(=O)CCOCCOCCOC(C)CCOCCOCCNC(C)C. The predicted molar refractivity (Wildman–Crippen MR) is 128 cm³/mol. The van der Waals surface area contributed by atoms with Gasteiger partial charge in [-0.1, -0.05) is 39.8 Å². The number of amides is 1. The molecule has 0 fully saturated rings. The molecule has 0 saturated heterocycles. The maximum atomic E-state index is 11.6. The average Bonchev–Trinajstić information content (AvgIpc) is 2.74. The van der Waals surface area contributed by atoms with E-state index in [4.69, 9.17) is 23.7 Å². The minimum absolute atomic E-state index is 0.00263. The summed E-state index contributed by atoms with van der Waals surface area (Å²) in [6.07, 6.45) is 5.36. The summed E-state index contributed by atoms with van der Waals surface area (Å²) in [7, 11) is 0. The molecule has 0 aliphatic carbocycles. The van der Waals surface area contributed by atoms with E-state index in [2.05, 4.69) is 44.4 Å². The van der Waals surface area contributed by atoms with E-state index in [1.54, 1.807) is 0 Å². The van der Waals surface area contributed by atoms with Gasteiger partial charge < -0.3 is 34.3 Å². The van der Waals surface area contributed by atoms with Crippen molar-refractivity contribution >= 4 is 5.91 Å².